The third kappa shape index (κ3) is 3.94. The van der Waals surface area contributed by atoms with E-state index in [-0.39, 0.29) is 30.7 Å². The Balaban J connectivity index is 0.00000144. The van der Waals surface area contributed by atoms with E-state index in [9.17, 15) is 13.2 Å². The van der Waals surface area contributed by atoms with Gasteiger partial charge in [-0.15, -0.1) is 24.8 Å². The topological polar surface area (TPSA) is 48.1 Å². The van der Waals surface area contributed by atoms with Gasteiger partial charge in [0, 0.05) is 17.7 Å². The number of alkyl halides is 3. The van der Waals surface area contributed by atoms with Crippen LogP contribution in [0.25, 0.3) is 11.1 Å². The van der Waals surface area contributed by atoms with Crippen molar-refractivity contribution in [2.24, 2.45) is 5.73 Å². The number of para-hydroxylation sites is 1. The smallest absolute Gasteiger partial charge is 0.433 e. The van der Waals surface area contributed by atoms with Crippen LogP contribution in [0.5, 0.6) is 5.75 Å². The first-order valence-electron chi connectivity index (χ1n) is 7.00. The van der Waals surface area contributed by atoms with Gasteiger partial charge in [-0.25, -0.2) is 0 Å². The van der Waals surface area contributed by atoms with E-state index in [0.29, 0.717) is 30.0 Å². The number of nitrogens with zero attached hydrogens (tertiary/aromatic N) is 1. The van der Waals surface area contributed by atoms with Crippen LogP contribution in [0.2, 0.25) is 0 Å². The number of halogens is 5. The number of fused-ring (bicyclic) bond motifs is 1. The number of hydrogen-bond acceptors (Lipinski definition) is 3. The number of benzene rings is 1. The van der Waals surface area contributed by atoms with Crippen molar-refractivity contribution < 1.29 is 17.9 Å². The van der Waals surface area contributed by atoms with Crippen LogP contribution in [0.3, 0.4) is 0 Å². The second-order valence-electron chi connectivity index (χ2n) is 5.22. The molecule has 0 radical (unpaired) electrons. The predicted octanol–water partition coefficient (Wildman–Crippen LogP) is 4.44. The minimum atomic E-state index is -4.47. The number of pyridine rings is 1. The Kier molecular flexibility index (Phi) is 6.89. The largest absolute Gasteiger partial charge is 0.493 e. The lowest BCUT2D eigenvalue weighted by Crippen LogP contribution is -2.21. The standard InChI is InChI=1S/C16H15F3N2O.2ClH/c17-16(18,19)14-8-10(4-6-21-14)12-2-1-3-13-11(9-20)5-7-22-15(12)13;;/h1-4,6,8,11H,5,7,9,20H2;2*1H/t11-;;/m0../s1. The molecular weight excluding hydrogens is 364 g/mol. The summed E-state index contributed by atoms with van der Waals surface area (Å²) in [5.41, 5.74) is 6.90. The highest BCUT2D eigenvalue weighted by Crippen LogP contribution is 2.41. The first-order chi connectivity index (χ1) is 10.5. The van der Waals surface area contributed by atoms with Gasteiger partial charge in [0.25, 0.3) is 0 Å². The summed E-state index contributed by atoms with van der Waals surface area (Å²) >= 11 is 0. The van der Waals surface area contributed by atoms with E-state index in [1.165, 1.54) is 6.20 Å². The van der Waals surface area contributed by atoms with Crippen molar-refractivity contribution in [3.8, 4) is 16.9 Å². The van der Waals surface area contributed by atoms with Gasteiger partial charge < -0.3 is 10.5 Å². The van der Waals surface area contributed by atoms with E-state index in [1.54, 1.807) is 12.1 Å². The van der Waals surface area contributed by atoms with Crippen LogP contribution in [0.1, 0.15) is 23.6 Å². The average molecular weight is 381 g/mol. The maximum Gasteiger partial charge on any atom is 0.433 e. The normalized spacial score (nSPS) is 16.2. The molecule has 8 heteroatoms. The maximum absolute atomic E-state index is 12.8. The summed E-state index contributed by atoms with van der Waals surface area (Å²) in [6, 6.07) is 8.10. The number of nitrogens with two attached hydrogens (primary N) is 1. The number of rotatable bonds is 2. The molecule has 3 rings (SSSR count). The van der Waals surface area contributed by atoms with Gasteiger partial charge in [0.1, 0.15) is 11.4 Å². The molecule has 132 valence electrons. The molecule has 0 amide bonds. The van der Waals surface area contributed by atoms with E-state index < -0.39 is 11.9 Å². The first-order valence-corrected chi connectivity index (χ1v) is 7.00. The zero-order chi connectivity index (χ0) is 15.7. The first kappa shape index (κ1) is 20.5. The van der Waals surface area contributed by atoms with Crippen LogP contribution >= 0.6 is 24.8 Å². The Morgan fingerprint density at radius 2 is 1.96 bits per heavy atom. The van der Waals surface area contributed by atoms with Gasteiger partial charge in [-0.2, -0.15) is 13.2 Å². The van der Waals surface area contributed by atoms with Crippen molar-refractivity contribution in [3.63, 3.8) is 0 Å². The number of aromatic nitrogens is 1. The van der Waals surface area contributed by atoms with Gasteiger partial charge in [-0.3, -0.25) is 4.98 Å². The van der Waals surface area contributed by atoms with Gasteiger partial charge in [0.2, 0.25) is 0 Å². The van der Waals surface area contributed by atoms with Crippen LogP contribution in [-0.4, -0.2) is 18.1 Å². The van der Waals surface area contributed by atoms with Crippen LogP contribution in [0.4, 0.5) is 13.2 Å². The van der Waals surface area contributed by atoms with Gasteiger partial charge in [-0.05, 0) is 36.2 Å². The van der Waals surface area contributed by atoms with Gasteiger partial charge >= 0.3 is 6.18 Å². The Hall–Kier alpha value is -1.50. The van der Waals surface area contributed by atoms with Crippen LogP contribution < -0.4 is 10.5 Å². The third-order valence-electron chi connectivity index (χ3n) is 3.84. The fourth-order valence-electron chi connectivity index (χ4n) is 2.72. The van der Waals surface area contributed by atoms with Crippen LogP contribution in [0.15, 0.2) is 36.5 Å². The predicted molar refractivity (Wildman–Crippen MR) is 91.1 cm³/mol. The second kappa shape index (κ2) is 8.05. The molecule has 1 atom stereocenters. The summed E-state index contributed by atoms with van der Waals surface area (Å²) in [4.78, 5) is 3.39. The molecule has 0 fully saturated rings. The molecule has 2 aromatic rings. The average Bonchev–Trinajstić information content (AvgIpc) is 2.53. The van der Waals surface area contributed by atoms with E-state index in [2.05, 4.69) is 4.98 Å². The van der Waals surface area contributed by atoms with Gasteiger partial charge in [0.05, 0.1) is 6.61 Å². The molecule has 0 saturated carbocycles. The second-order valence-corrected chi connectivity index (χ2v) is 5.22. The van der Waals surface area contributed by atoms with Crippen molar-refractivity contribution in [1.29, 1.82) is 0 Å². The Morgan fingerprint density at radius 3 is 2.62 bits per heavy atom. The lowest BCUT2D eigenvalue weighted by atomic mass is 9.90. The SMILES string of the molecule is Cl.Cl.NC[C@@H]1CCOc2c(-c3ccnc(C(F)(F)F)c3)cccc21. The lowest BCUT2D eigenvalue weighted by molar-refractivity contribution is -0.141. The lowest BCUT2D eigenvalue weighted by Gasteiger charge is -2.27. The summed E-state index contributed by atoms with van der Waals surface area (Å²) in [5.74, 6) is 0.802. The molecule has 2 heterocycles. The summed E-state index contributed by atoms with van der Waals surface area (Å²) < 4.78 is 44.2. The van der Waals surface area contributed by atoms with Gasteiger partial charge in [0.15, 0.2) is 0 Å². The molecule has 0 spiro atoms. The monoisotopic (exact) mass is 380 g/mol. The van der Waals surface area contributed by atoms with E-state index in [0.717, 1.165) is 18.1 Å². The highest BCUT2D eigenvalue weighted by Gasteiger charge is 2.33. The Morgan fingerprint density at radius 1 is 1.21 bits per heavy atom. The van der Waals surface area contributed by atoms with Crippen molar-refractivity contribution >= 4 is 24.8 Å². The van der Waals surface area contributed by atoms with Gasteiger partial charge in [-0.1, -0.05) is 18.2 Å². The third-order valence-corrected chi connectivity index (χ3v) is 3.84. The Bertz CT molecular complexity index is 695. The van der Waals surface area contributed by atoms with Crippen LogP contribution in [-0.2, 0) is 6.18 Å². The highest BCUT2D eigenvalue weighted by molar-refractivity contribution is 5.85. The highest BCUT2D eigenvalue weighted by atomic mass is 35.5. The minimum absolute atomic E-state index is 0. The van der Waals surface area contributed by atoms with Crippen molar-refractivity contribution in [1.82, 2.24) is 4.98 Å². The van der Waals surface area contributed by atoms with E-state index in [4.69, 9.17) is 10.5 Å². The minimum Gasteiger partial charge on any atom is -0.493 e. The summed E-state index contributed by atoms with van der Waals surface area (Å²) in [6.07, 6.45) is -2.48. The molecule has 1 aromatic heterocycles. The van der Waals surface area contributed by atoms with Crippen molar-refractivity contribution in [2.75, 3.05) is 13.2 Å². The van der Waals surface area contributed by atoms with Crippen LogP contribution in [0, 0.1) is 0 Å². The number of ether oxygens (including phenoxy) is 1. The molecule has 0 saturated heterocycles. The quantitative estimate of drug-likeness (QED) is 0.837. The molecular formula is C16H17Cl2F3N2O. The van der Waals surface area contributed by atoms with Crippen molar-refractivity contribution in [3.05, 3.63) is 47.8 Å². The summed E-state index contributed by atoms with van der Waals surface area (Å²) in [7, 11) is 0. The Labute approximate surface area is 150 Å². The fourth-order valence-corrected chi connectivity index (χ4v) is 2.72. The molecule has 0 aliphatic carbocycles. The molecule has 1 aromatic carbocycles. The molecule has 2 N–H and O–H groups in total. The summed E-state index contributed by atoms with van der Waals surface area (Å²) in [6.45, 7) is 1.01. The number of hydrogen-bond donors (Lipinski definition) is 1. The molecule has 0 bridgehead atoms. The van der Waals surface area contributed by atoms with Crippen molar-refractivity contribution in [2.45, 2.75) is 18.5 Å². The molecule has 24 heavy (non-hydrogen) atoms. The molecule has 1 aliphatic heterocycles. The molecule has 0 unspecified atom stereocenters. The van der Waals surface area contributed by atoms with E-state index >= 15 is 0 Å². The molecule has 1 aliphatic rings. The maximum atomic E-state index is 12.8. The fraction of sp³-hybridized carbons (Fsp3) is 0.312. The zero-order valence-electron chi connectivity index (χ0n) is 12.5. The zero-order valence-corrected chi connectivity index (χ0v) is 14.2. The van der Waals surface area contributed by atoms with E-state index in [1.807, 2.05) is 12.1 Å². The molecule has 3 nitrogen and oxygen atoms in total. The summed E-state index contributed by atoms with van der Waals surface area (Å²) in [5, 5.41) is 0.